The fraction of sp³-hybridized carbons (Fsp3) is 0.500. The van der Waals surface area contributed by atoms with E-state index in [1.165, 1.54) is 28.4 Å². The standard InChI is InChI=1S/C12H16BrN/c1-2-9-5-10(7-11(13)6-9)12(8-14)3-4-12/h5-7H,2-4,8,14H2,1H3. The number of benzene rings is 1. The average Bonchev–Trinajstić information content (AvgIpc) is 2.97. The van der Waals surface area contributed by atoms with E-state index in [1.54, 1.807) is 0 Å². The van der Waals surface area contributed by atoms with Crippen molar-refractivity contribution in [2.24, 2.45) is 5.73 Å². The van der Waals surface area contributed by atoms with Gasteiger partial charge in [0.05, 0.1) is 0 Å². The first-order valence-corrected chi connectivity index (χ1v) is 5.99. The molecule has 0 bridgehead atoms. The van der Waals surface area contributed by atoms with Crippen molar-refractivity contribution in [1.82, 2.24) is 0 Å². The highest BCUT2D eigenvalue weighted by atomic mass is 79.9. The van der Waals surface area contributed by atoms with Crippen molar-refractivity contribution >= 4 is 15.9 Å². The van der Waals surface area contributed by atoms with Crippen molar-refractivity contribution in [1.29, 1.82) is 0 Å². The Morgan fingerprint density at radius 2 is 2.07 bits per heavy atom. The Balaban J connectivity index is 2.38. The molecule has 1 fully saturated rings. The molecule has 1 saturated carbocycles. The van der Waals surface area contributed by atoms with Gasteiger partial charge in [-0.25, -0.2) is 0 Å². The van der Waals surface area contributed by atoms with Crippen LogP contribution in [-0.2, 0) is 11.8 Å². The van der Waals surface area contributed by atoms with Crippen LogP contribution in [0.2, 0.25) is 0 Å². The van der Waals surface area contributed by atoms with E-state index in [9.17, 15) is 0 Å². The number of nitrogens with two attached hydrogens (primary N) is 1. The monoisotopic (exact) mass is 253 g/mol. The number of hydrogen-bond donors (Lipinski definition) is 1. The summed E-state index contributed by atoms with van der Waals surface area (Å²) in [4.78, 5) is 0. The highest BCUT2D eigenvalue weighted by molar-refractivity contribution is 9.10. The van der Waals surface area contributed by atoms with Gasteiger partial charge in [0.2, 0.25) is 0 Å². The van der Waals surface area contributed by atoms with E-state index < -0.39 is 0 Å². The van der Waals surface area contributed by atoms with Gasteiger partial charge in [0.15, 0.2) is 0 Å². The van der Waals surface area contributed by atoms with E-state index in [1.807, 2.05) is 0 Å². The molecular weight excluding hydrogens is 238 g/mol. The summed E-state index contributed by atoms with van der Waals surface area (Å²) in [6, 6.07) is 6.72. The van der Waals surface area contributed by atoms with Crippen molar-refractivity contribution in [2.45, 2.75) is 31.6 Å². The summed E-state index contributed by atoms with van der Waals surface area (Å²) in [7, 11) is 0. The highest BCUT2D eigenvalue weighted by Gasteiger charge is 2.42. The molecule has 0 atom stereocenters. The van der Waals surface area contributed by atoms with Crippen LogP contribution in [0.4, 0.5) is 0 Å². The smallest absolute Gasteiger partial charge is 0.0180 e. The zero-order valence-electron chi connectivity index (χ0n) is 8.52. The summed E-state index contributed by atoms with van der Waals surface area (Å²) in [6.45, 7) is 2.97. The third kappa shape index (κ3) is 1.73. The highest BCUT2D eigenvalue weighted by Crippen LogP contribution is 2.47. The second-order valence-electron chi connectivity index (χ2n) is 4.19. The minimum absolute atomic E-state index is 0.313. The number of hydrogen-bond acceptors (Lipinski definition) is 1. The maximum atomic E-state index is 5.83. The lowest BCUT2D eigenvalue weighted by Gasteiger charge is -2.14. The fourth-order valence-electron chi connectivity index (χ4n) is 1.92. The molecule has 0 saturated heterocycles. The number of aryl methyl sites for hydroxylation is 1. The van der Waals surface area contributed by atoms with Crippen LogP contribution in [0, 0.1) is 0 Å². The van der Waals surface area contributed by atoms with Crippen LogP contribution in [0.25, 0.3) is 0 Å². The molecular formula is C12H16BrN. The van der Waals surface area contributed by atoms with Crippen LogP contribution >= 0.6 is 15.9 Å². The summed E-state index contributed by atoms with van der Waals surface area (Å²) < 4.78 is 1.19. The quantitative estimate of drug-likeness (QED) is 0.881. The van der Waals surface area contributed by atoms with Crippen LogP contribution in [0.5, 0.6) is 0 Å². The predicted molar refractivity (Wildman–Crippen MR) is 63.5 cm³/mol. The fourth-order valence-corrected chi connectivity index (χ4v) is 2.46. The minimum Gasteiger partial charge on any atom is -0.330 e. The molecule has 14 heavy (non-hydrogen) atoms. The van der Waals surface area contributed by atoms with Gasteiger partial charge in [0.1, 0.15) is 0 Å². The molecule has 76 valence electrons. The molecule has 1 aliphatic rings. The Morgan fingerprint density at radius 3 is 2.57 bits per heavy atom. The Bertz CT molecular complexity index is 342. The number of rotatable bonds is 3. The summed E-state index contributed by atoms with van der Waals surface area (Å²) >= 11 is 3.56. The van der Waals surface area contributed by atoms with E-state index in [4.69, 9.17) is 5.73 Å². The lowest BCUT2D eigenvalue weighted by molar-refractivity contribution is 0.703. The zero-order chi connectivity index (χ0) is 10.2. The van der Waals surface area contributed by atoms with Crippen molar-refractivity contribution in [3.8, 4) is 0 Å². The molecule has 0 heterocycles. The average molecular weight is 254 g/mol. The van der Waals surface area contributed by atoms with Gasteiger partial charge in [0, 0.05) is 16.4 Å². The zero-order valence-corrected chi connectivity index (χ0v) is 10.1. The maximum Gasteiger partial charge on any atom is 0.0180 e. The lowest BCUT2D eigenvalue weighted by atomic mass is 9.94. The molecule has 0 aromatic heterocycles. The molecule has 0 radical (unpaired) electrons. The Kier molecular flexibility index (Phi) is 2.67. The Hall–Kier alpha value is -0.340. The molecule has 2 heteroatoms. The third-order valence-corrected chi connectivity index (χ3v) is 3.68. The SMILES string of the molecule is CCc1cc(Br)cc(C2(CN)CC2)c1. The first-order chi connectivity index (χ1) is 6.70. The van der Waals surface area contributed by atoms with E-state index in [0.29, 0.717) is 5.41 Å². The topological polar surface area (TPSA) is 26.0 Å². The molecule has 0 amide bonds. The normalized spacial score (nSPS) is 18.2. The van der Waals surface area contributed by atoms with E-state index >= 15 is 0 Å². The van der Waals surface area contributed by atoms with Crippen LogP contribution in [0.1, 0.15) is 30.9 Å². The largest absolute Gasteiger partial charge is 0.330 e. The van der Waals surface area contributed by atoms with Gasteiger partial charge < -0.3 is 5.73 Å². The van der Waals surface area contributed by atoms with Crippen molar-refractivity contribution in [3.05, 3.63) is 33.8 Å². The van der Waals surface area contributed by atoms with Crippen molar-refractivity contribution in [3.63, 3.8) is 0 Å². The Labute approximate surface area is 93.8 Å². The summed E-state index contributed by atoms with van der Waals surface area (Å²) in [5, 5.41) is 0. The number of halogens is 1. The Morgan fingerprint density at radius 1 is 1.36 bits per heavy atom. The van der Waals surface area contributed by atoms with E-state index in [-0.39, 0.29) is 0 Å². The summed E-state index contributed by atoms with van der Waals surface area (Å²) in [6.07, 6.45) is 3.60. The van der Waals surface area contributed by atoms with Gasteiger partial charge in [0.25, 0.3) is 0 Å². The molecule has 1 aromatic carbocycles. The van der Waals surface area contributed by atoms with E-state index in [2.05, 4.69) is 41.1 Å². The van der Waals surface area contributed by atoms with Crippen LogP contribution < -0.4 is 5.73 Å². The van der Waals surface area contributed by atoms with Gasteiger partial charge in [-0.1, -0.05) is 28.9 Å². The predicted octanol–water partition coefficient (Wildman–Crippen LogP) is 3.00. The first-order valence-electron chi connectivity index (χ1n) is 5.20. The second-order valence-corrected chi connectivity index (χ2v) is 5.10. The lowest BCUT2D eigenvalue weighted by Crippen LogP contribution is -2.19. The van der Waals surface area contributed by atoms with Gasteiger partial charge in [-0.15, -0.1) is 0 Å². The molecule has 1 nitrogen and oxygen atoms in total. The molecule has 0 unspecified atom stereocenters. The minimum atomic E-state index is 0.313. The first kappa shape index (κ1) is 10.2. The molecule has 1 aliphatic carbocycles. The summed E-state index contributed by atoms with van der Waals surface area (Å²) in [5.41, 5.74) is 8.96. The van der Waals surface area contributed by atoms with Crippen LogP contribution in [-0.4, -0.2) is 6.54 Å². The van der Waals surface area contributed by atoms with Gasteiger partial charge in [-0.2, -0.15) is 0 Å². The molecule has 2 rings (SSSR count). The van der Waals surface area contributed by atoms with Crippen LogP contribution in [0.3, 0.4) is 0 Å². The van der Waals surface area contributed by atoms with Crippen molar-refractivity contribution < 1.29 is 0 Å². The molecule has 0 aliphatic heterocycles. The summed E-state index contributed by atoms with van der Waals surface area (Å²) in [5.74, 6) is 0. The molecule has 0 spiro atoms. The van der Waals surface area contributed by atoms with Gasteiger partial charge in [-0.3, -0.25) is 0 Å². The molecule has 1 aromatic rings. The van der Waals surface area contributed by atoms with E-state index in [0.717, 1.165) is 13.0 Å². The van der Waals surface area contributed by atoms with Gasteiger partial charge >= 0.3 is 0 Å². The van der Waals surface area contributed by atoms with Gasteiger partial charge in [-0.05, 0) is 42.5 Å². The van der Waals surface area contributed by atoms with Crippen LogP contribution in [0.15, 0.2) is 22.7 Å². The third-order valence-electron chi connectivity index (χ3n) is 3.22. The maximum absolute atomic E-state index is 5.83. The van der Waals surface area contributed by atoms with Crippen molar-refractivity contribution in [2.75, 3.05) is 6.54 Å². The second kappa shape index (κ2) is 3.67. The molecule has 2 N–H and O–H groups in total.